The van der Waals surface area contributed by atoms with Gasteiger partial charge in [0.25, 0.3) is 10.0 Å². The van der Waals surface area contributed by atoms with Gasteiger partial charge in [-0.25, -0.2) is 22.2 Å². The minimum absolute atomic E-state index is 0.00551. The lowest BCUT2D eigenvalue weighted by atomic mass is 10.0. The molecule has 1 fully saturated rings. The highest BCUT2D eigenvalue weighted by molar-refractivity contribution is 7.92. The van der Waals surface area contributed by atoms with E-state index >= 15 is 0 Å². The summed E-state index contributed by atoms with van der Waals surface area (Å²) in [5.74, 6) is -1.28. The summed E-state index contributed by atoms with van der Waals surface area (Å²) in [6.45, 7) is 4.53. The van der Waals surface area contributed by atoms with Gasteiger partial charge in [0.05, 0.1) is 22.3 Å². The predicted molar refractivity (Wildman–Crippen MR) is 123 cm³/mol. The van der Waals surface area contributed by atoms with Crippen LogP contribution in [0, 0.1) is 11.6 Å². The largest absolute Gasteiger partial charge is 0.377 e. The summed E-state index contributed by atoms with van der Waals surface area (Å²) in [5.41, 5.74) is 3.02. The first-order chi connectivity index (χ1) is 15.2. The van der Waals surface area contributed by atoms with Gasteiger partial charge in [-0.3, -0.25) is 9.62 Å². The van der Waals surface area contributed by atoms with Crippen molar-refractivity contribution in [3.63, 3.8) is 0 Å². The number of hydrogen-bond donors (Lipinski definition) is 2. The smallest absolute Gasteiger partial charge is 0.266 e. The molecular weight excluding hydrogens is 478 g/mol. The molecule has 0 amide bonds. The fourth-order valence-electron chi connectivity index (χ4n) is 3.43. The minimum Gasteiger partial charge on any atom is -0.377 e. The molecule has 6 nitrogen and oxygen atoms in total. The van der Waals surface area contributed by atoms with Gasteiger partial charge in [-0.15, -0.1) is 11.3 Å². The highest BCUT2D eigenvalue weighted by atomic mass is 35.5. The van der Waals surface area contributed by atoms with E-state index in [1.165, 1.54) is 34.7 Å². The predicted octanol–water partition coefficient (Wildman–Crippen LogP) is 5.25. The second-order valence-corrected chi connectivity index (χ2v) is 10.4. The number of rotatable bonds is 8. The van der Waals surface area contributed by atoms with Gasteiger partial charge in [0.2, 0.25) is 0 Å². The van der Waals surface area contributed by atoms with Crippen molar-refractivity contribution in [2.45, 2.75) is 30.8 Å². The summed E-state index contributed by atoms with van der Waals surface area (Å²) >= 11 is 7.45. The molecule has 32 heavy (non-hydrogen) atoms. The van der Waals surface area contributed by atoms with Crippen LogP contribution in [-0.4, -0.2) is 31.4 Å². The first kappa shape index (κ1) is 22.9. The van der Waals surface area contributed by atoms with Crippen LogP contribution in [0.1, 0.15) is 30.5 Å². The van der Waals surface area contributed by atoms with Gasteiger partial charge in [-0.1, -0.05) is 17.7 Å². The third-order valence-corrected chi connectivity index (χ3v) is 7.51. The van der Waals surface area contributed by atoms with Crippen molar-refractivity contribution >= 4 is 44.5 Å². The molecule has 2 heterocycles. The molecule has 4 rings (SSSR count). The molecule has 2 aromatic carbocycles. The fourth-order valence-corrected chi connectivity index (χ4v) is 5.36. The quantitative estimate of drug-likeness (QED) is 0.443. The Balaban J connectivity index is 1.54. The first-order valence-electron chi connectivity index (χ1n) is 9.90. The van der Waals surface area contributed by atoms with Gasteiger partial charge in [0.15, 0.2) is 5.82 Å². The summed E-state index contributed by atoms with van der Waals surface area (Å²) < 4.78 is 56.4. The number of halogens is 3. The molecular formula is C21H21ClF2N4O2S2. The van der Waals surface area contributed by atoms with Crippen LogP contribution in [0.5, 0.6) is 0 Å². The lowest BCUT2D eigenvalue weighted by Crippen LogP contribution is -2.36. The van der Waals surface area contributed by atoms with E-state index in [9.17, 15) is 17.2 Å². The SMILES string of the molecule is C[C@H](Nc1cc(F)c(S(=O)(=O)Nc2cscn2)cc1Cl)c1cc(CN2CCC2)ccc1F. The lowest BCUT2D eigenvalue weighted by molar-refractivity contribution is 0.172. The van der Waals surface area contributed by atoms with E-state index in [0.717, 1.165) is 37.3 Å². The molecule has 0 unspecified atom stereocenters. The van der Waals surface area contributed by atoms with Crippen molar-refractivity contribution in [1.29, 1.82) is 0 Å². The second-order valence-electron chi connectivity index (χ2n) is 7.59. The van der Waals surface area contributed by atoms with Crippen LogP contribution >= 0.6 is 22.9 Å². The number of thiazole rings is 1. The monoisotopic (exact) mass is 498 g/mol. The number of nitrogens with zero attached hydrogens (tertiary/aromatic N) is 2. The molecule has 0 aliphatic carbocycles. The molecule has 1 atom stereocenters. The van der Waals surface area contributed by atoms with Crippen molar-refractivity contribution in [3.05, 3.63) is 69.0 Å². The summed E-state index contributed by atoms with van der Waals surface area (Å²) in [6.07, 6.45) is 1.17. The number of likely N-dealkylation sites (tertiary alicyclic amines) is 1. The van der Waals surface area contributed by atoms with Crippen LogP contribution < -0.4 is 10.0 Å². The number of anilines is 2. The molecule has 11 heteroatoms. The lowest BCUT2D eigenvalue weighted by Gasteiger charge is -2.31. The standard InChI is InChI=1S/C21H21ClF2N4O2S2/c1-13(15-7-14(3-4-17(15)23)10-28-5-2-6-28)26-19-9-18(24)20(8-16(19)22)32(29,30)27-21-11-31-12-25-21/h3-4,7-9,11-13,26-27H,2,5-6,10H2,1H3/t13-/m0/s1. The van der Waals surface area contributed by atoms with E-state index in [4.69, 9.17) is 11.6 Å². The van der Waals surface area contributed by atoms with Crippen molar-refractivity contribution in [2.24, 2.45) is 0 Å². The summed E-state index contributed by atoms with van der Waals surface area (Å²) in [5, 5.41) is 4.47. The third kappa shape index (κ3) is 5.03. The maximum Gasteiger partial charge on any atom is 0.266 e. The number of benzene rings is 2. The van der Waals surface area contributed by atoms with Gasteiger partial charge in [0.1, 0.15) is 16.5 Å². The molecule has 1 aliphatic heterocycles. The summed E-state index contributed by atoms with van der Waals surface area (Å²) in [6, 6.07) is 6.45. The Labute approximate surface area is 194 Å². The maximum atomic E-state index is 14.7. The molecule has 1 aliphatic rings. The van der Waals surface area contributed by atoms with Gasteiger partial charge >= 0.3 is 0 Å². The molecule has 0 saturated carbocycles. The van der Waals surface area contributed by atoms with Crippen LogP contribution in [-0.2, 0) is 16.6 Å². The van der Waals surface area contributed by atoms with Crippen molar-refractivity contribution in [3.8, 4) is 0 Å². The zero-order chi connectivity index (χ0) is 22.9. The van der Waals surface area contributed by atoms with E-state index in [2.05, 4.69) is 19.9 Å². The third-order valence-electron chi connectivity index (χ3n) is 5.24. The summed E-state index contributed by atoms with van der Waals surface area (Å²) in [7, 11) is -4.21. The Morgan fingerprint density at radius 3 is 2.66 bits per heavy atom. The molecule has 0 bridgehead atoms. The molecule has 0 spiro atoms. The van der Waals surface area contributed by atoms with Crippen molar-refractivity contribution < 1.29 is 17.2 Å². The Hall–Kier alpha value is -2.27. The molecule has 2 N–H and O–H groups in total. The number of nitrogens with one attached hydrogen (secondary N) is 2. The zero-order valence-electron chi connectivity index (χ0n) is 17.1. The van der Waals surface area contributed by atoms with Gasteiger partial charge in [-0.2, -0.15) is 0 Å². The number of aromatic nitrogens is 1. The molecule has 170 valence electrons. The van der Waals surface area contributed by atoms with Gasteiger partial charge in [0, 0.05) is 17.5 Å². The topological polar surface area (TPSA) is 74.3 Å². The highest BCUT2D eigenvalue weighted by Crippen LogP contribution is 2.32. The van der Waals surface area contributed by atoms with Gasteiger partial charge < -0.3 is 5.32 Å². The van der Waals surface area contributed by atoms with Crippen LogP contribution in [0.3, 0.4) is 0 Å². The van der Waals surface area contributed by atoms with E-state index in [0.29, 0.717) is 5.56 Å². The van der Waals surface area contributed by atoms with Crippen LogP contribution in [0.2, 0.25) is 5.02 Å². The first-order valence-corrected chi connectivity index (χ1v) is 12.7. The van der Waals surface area contributed by atoms with E-state index in [1.807, 2.05) is 0 Å². The molecule has 3 aromatic rings. The zero-order valence-corrected chi connectivity index (χ0v) is 19.5. The Morgan fingerprint density at radius 1 is 1.22 bits per heavy atom. The Bertz CT molecular complexity index is 1220. The van der Waals surface area contributed by atoms with Crippen LogP contribution in [0.4, 0.5) is 20.3 Å². The van der Waals surface area contributed by atoms with Crippen LogP contribution in [0.15, 0.2) is 46.1 Å². The fraction of sp³-hybridized carbons (Fsp3) is 0.286. The number of sulfonamides is 1. The average molecular weight is 499 g/mol. The molecule has 1 aromatic heterocycles. The van der Waals surface area contributed by atoms with E-state index < -0.39 is 26.8 Å². The van der Waals surface area contributed by atoms with Crippen LogP contribution in [0.25, 0.3) is 0 Å². The minimum atomic E-state index is -4.21. The Kier molecular flexibility index (Phi) is 6.66. The van der Waals surface area contributed by atoms with Crippen molar-refractivity contribution in [2.75, 3.05) is 23.1 Å². The highest BCUT2D eigenvalue weighted by Gasteiger charge is 2.23. The van der Waals surface area contributed by atoms with E-state index in [1.54, 1.807) is 19.1 Å². The average Bonchev–Trinajstić information content (AvgIpc) is 3.20. The Morgan fingerprint density at radius 2 is 2.00 bits per heavy atom. The van der Waals surface area contributed by atoms with Gasteiger partial charge in [-0.05, 0) is 56.3 Å². The second kappa shape index (κ2) is 9.30. The summed E-state index contributed by atoms with van der Waals surface area (Å²) in [4.78, 5) is 5.50. The maximum absolute atomic E-state index is 14.7. The molecule has 1 saturated heterocycles. The molecule has 0 radical (unpaired) electrons. The normalized spacial score (nSPS) is 15.2. The number of hydrogen-bond acceptors (Lipinski definition) is 6. The van der Waals surface area contributed by atoms with E-state index in [-0.39, 0.29) is 22.3 Å². The van der Waals surface area contributed by atoms with Crippen molar-refractivity contribution in [1.82, 2.24) is 9.88 Å².